The van der Waals surface area contributed by atoms with Crippen molar-refractivity contribution in [2.45, 2.75) is 113 Å². The molecule has 538 valence electrons. The van der Waals surface area contributed by atoms with E-state index < -0.39 is 41.1 Å². The number of anilines is 4. The first-order valence-electron chi connectivity index (χ1n) is 34.5. The first-order valence-corrected chi connectivity index (χ1v) is 32.9. The minimum Gasteiger partial charge on any atom is -0.478 e. The molecule has 0 aliphatic carbocycles. The molecule has 13 rings (SSSR count). The smallest absolute Gasteiger partial charge is 0.478 e. The van der Waals surface area contributed by atoms with Gasteiger partial charge in [0.2, 0.25) is 44.6 Å². The number of aromatic carboxylic acids is 1. The zero-order valence-corrected chi connectivity index (χ0v) is 60.2. The third kappa shape index (κ3) is 16.0. The van der Waals surface area contributed by atoms with Crippen molar-refractivity contribution in [2.24, 2.45) is 0 Å². The van der Waals surface area contributed by atoms with Crippen LogP contribution in [0.1, 0.15) is 165 Å². The third-order valence-corrected chi connectivity index (χ3v) is 17.1. The van der Waals surface area contributed by atoms with Crippen LogP contribution in [0, 0.1) is 0 Å². The van der Waals surface area contributed by atoms with E-state index in [1.165, 1.54) is 30.3 Å². The van der Waals surface area contributed by atoms with Gasteiger partial charge in [-0.1, -0.05) is 79.4 Å². The molecule has 1 aliphatic rings. The summed E-state index contributed by atoms with van der Waals surface area (Å²) in [5.41, 5.74) is 26.0. The Labute approximate surface area is 607 Å². The van der Waals surface area contributed by atoms with Crippen molar-refractivity contribution >= 4 is 164 Å². The number of benzene rings is 4. The fourth-order valence-electron chi connectivity index (χ4n) is 10.3. The zero-order valence-electron chi connectivity index (χ0n) is 62.6. The quantitative estimate of drug-likeness (QED) is 0.0347. The van der Waals surface area contributed by atoms with E-state index in [0.29, 0.717) is 38.6 Å². The van der Waals surface area contributed by atoms with E-state index in [2.05, 4.69) is 49.0 Å². The van der Waals surface area contributed by atoms with Crippen molar-refractivity contribution in [1.82, 2.24) is 19.9 Å². The molecule has 12 aromatic rings. The lowest BCUT2D eigenvalue weighted by Gasteiger charge is -2.32. The number of nitrogens with two attached hydrogens (primary N) is 4. The number of carbonyl (C=O) groups excluding carboxylic acids is 3. The molecule has 0 saturated carbocycles. The van der Waals surface area contributed by atoms with Crippen molar-refractivity contribution in [3.05, 3.63) is 200 Å². The molecule has 1 saturated heterocycles. The number of allylic oxidation sites excluding steroid dienone is 2. The van der Waals surface area contributed by atoms with E-state index in [1.807, 2.05) is 47.6 Å². The molecule has 104 heavy (non-hydrogen) atoms. The summed E-state index contributed by atoms with van der Waals surface area (Å²) in [6, 6.07) is 24.9. The number of hydrogen-bond acceptors (Lipinski definition) is 25. The van der Waals surface area contributed by atoms with Crippen LogP contribution in [0.2, 0.25) is 0 Å². The monoisotopic (exact) mass is 1480 g/mol. The summed E-state index contributed by atoms with van der Waals surface area (Å²) in [7, 11) is -0.241. The Balaban J connectivity index is 0.000000158. The van der Waals surface area contributed by atoms with Gasteiger partial charge in [0, 0.05) is 9.96 Å². The molecule has 0 amide bonds. The maximum atomic E-state index is 12.9. The Kier molecular flexibility index (Phi) is 21.1. The van der Waals surface area contributed by atoms with Crippen LogP contribution in [0.3, 0.4) is 0 Å². The predicted molar refractivity (Wildman–Crippen MR) is 405 cm³/mol. The summed E-state index contributed by atoms with van der Waals surface area (Å²) < 4.78 is 80.6. The Morgan fingerprint density at radius 3 is 1.12 bits per heavy atom. The van der Waals surface area contributed by atoms with Crippen LogP contribution in [0.4, 0.5) is 23.3 Å². The Morgan fingerprint density at radius 2 is 0.817 bits per heavy atom. The summed E-state index contributed by atoms with van der Waals surface area (Å²) in [4.78, 5) is 114. The third-order valence-electron chi connectivity index (χ3n) is 16.6. The lowest BCUT2D eigenvalue weighted by Crippen LogP contribution is -2.41. The number of carboxylic acids is 1. The summed E-state index contributed by atoms with van der Waals surface area (Å²) in [6.45, 7) is 28.1. The molecule has 0 radical (unpaired) electrons. The van der Waals surface area contributed by atoms with E-state index in [0.717, 1.165) is 27.1 Å². The van der Waals surface area contributed by atoms with Crippen molar-refractivity contribution in [3.63, 3.8) is 0 Å². The number of esters is 3. The number of nitrogen functional groups attached to an aromatic ring is 4. The number of hydrogen-bond donors (Lipinski definition) is 5. The molecular weight excluding hydrogens is 1400 g/mol. The molecule has 4 aromatic carbocycles. The zero-order chi connectivity index (χ0) is 79.6. The average molecular weight is 1480 g/mol. The van der Waals surface area contributed by atoms with Gasteiger partial charge >= 0.3 is 31.0 Å². The van der Waals surface area contributed by atoms with Crippen LogP contribution in [-0.2, 0) is 23.5 Å². The average Bonchev–Trinajstić information content (AvgIpc) is 1.14. The highest BCUT2D eigenvalue weighted by atomic mass is 79.9. The fourth-order valence-corrected chi connectivity index (χ4v) is 10.6. The highest BCUT2D eigenvalue weighted by Crippen LogP contribution is 2.38. The minimum absolute atomic E-state index is 0.00126. The van der Waals surface area contributed by atoms with Gasteiger partial charge in [0.15, 0.2) is 0 Å². The Morgan fingerprint density at radius 1 is 0.510 bits per heavy atom. The van der Waals surface area contributed by atoms with Gasteiger partial charge in [-0.3, -0.25) is 19.2 Å². The number of carbonyl (C=O) groups is 4. The molecule has 26 nitrogen and oxygen atoms in total. The van der Waals surface area contributed by atoms with E-state index in [9.17, 15) is 38.4 Å². The molecule has 2 atom stereocenters. The number of ether oxygens (including phenoxy) is 3. The topological polar surface area (TPSA) is 411 Å². The van der Waals surface area contributed by atoms with Gasteiger partial charge < -0.3 is 69.2 Å². The van der Waals surface area contributed by atoms with Gasteiger partial charge in [-0.25, -0.2) is 19.2 Å². The molecule has 0 bridgehead atoms. The minimum atomic E-state index is -1.29. The van der Waals surface area contributed by atoms with Gasteiger partial charge in [-0.05, 0) is 170 Å². The first-order chi connectivity index (χ1) is 50.7. The molecule has 1 fully saturated rings. The van der Waals surface area contributed by atoms with Gasteiger partial charge in [0.1, 0.15) is 67.9 Å². The van der Waals surface area contributed by atoms with E-state index in [1.54, 1.807) is 89.2 Å². The summed E-state index contributed by atoms with van der Waals surface area (Å²) in [6.07, 6.45) is 0. The van der Waals surface area contributed by atoms with Gasteiger partial charge in [0.05, 0.1) is 74.1 Å². The largest absolute Gasteiger partial charge is 0.489 e. The highest BCUT2D eigenvalue weighted by molar-refractivity contribution is 9.10. The highest BCUT2D eigenvalue weighted by Gasteiger charge is 2.51. The van der Waals surface area contributed by atoms with Gasteiger partial charge in [-0.2, -0.15) is 19.9 Å². The van der Waals surface area contributed by atoms with Crippen LogP contribution >= 0.6 is 15.9 Å². The number of fused-ring (bicyclic) bond motifs is 8. The summed E-state index contributed by atoms with van der Waals surface area (Å²) >= 11 is 3.31. The van der Waals surface area contributed by atoms with E-state index in [-0.39, 0.29) is 175 Å². The molecule has 9 heterocycles. The molecule has 28 heteroatoms. The van der Waals surface area contributed by atoms with E-state index in [4.69, 9.17) is 74.7 Å². The van der Waals surface area contributed by atoms with E-state index >= 15 is 0 Å². The number of aromatic nitrogens is 4. The Hall–Kier alpha value is -11.6. The molecule has 2 unspecified atom stereocenters. The van der Waals surface area contributed by atoms with Crippen molar-refractivity contribution in [3.8, 4) is 0 Å². The molecule has 0 spiro atoms. The van der Waals surface area contributed by atoms with Gasteiger partial charge in [0.25, 0.3) is 0 Å². The molecule has 8 aromatic heterocycles. The molecule has 9 N–H and O–H groups in total. The second-order valence-electron chi connectivity index (χ2n) is 24.8. The normalized spacial score (nSPS) is 14.5. The number of nitrogens with zero attached hydrogens (tertiary/aromatic N) is 4. The SMILES string of the molecule is C=C(C)B1OC(C)(C)C(C)(C)O1.C=C(C)c1ccc2oc3nc(N)c(C(=O)OCC)cc3c(=O)c2c1.CCOC(=O)c1cc2c(=O)c3cc(Br)ccc3oc2nc1N.[2H]CC([2H])(C)c1ccc2oc3nc(N)c(C(=O)O)cc3c(=O)c2c1.[2H]CC([2H])(C)c1ccc2oc3nc(N)c(C(=O)OCC)cc3c(=O)c2c1. The van der Waals surface area contributed by atoms with Crippen molar-refractivity contribution in [1.29, 1.82) is 0 Å². The number of carboxylic acid groups (broad SMARTS) is 1. The van der Waals surface area contributed by atoms with Gasteiger partial charge in [-0.15, -0.1) is 6.58 Å². The Bertz CT molecular complexity index is 5930. The predicted octanol–water partition coefficient (Wildman–Crippen LogP) is 14.2. The fraction of sp³-hybridized carbons (Fsp3) is 0.263. The first kappa shape index (κ1) is 70.8. The standard InChI is InChI=1S/C18H18N2O4.C18H16N2O4.C16H14N2O4.C15H11BrN2O4.C9H17BO2/c2*1-4-23-18(22)13-8-12-15(21)11-7-10(9(2)3)5-6-14(11)24-17(12)20-16(13)19;1-7(2)8-3-4-12-9(5-8)13(19)10-6-11(16(20)21)14(17)18-15(10)22-12;1-2-21-15(20)10-6-9-12(19)8-5-7(16)3-4-11(8)22-14(9)18-13(10)17;1-7(2)10-11-8(3,4)9(5,6)12-10/h5-9H,4H2,1-3H3,(H2,19,20);5-8H,2,4H2,1,3H3,(H2,19,20);3-7H,1-2H3,(H2,17,18)(H,20,21);3-6H,2H2,1H3,(H2,17,18);1H2,2-6H3/i2D,9D;;1D,7D;;. The molecule has 1 aliphatic heterocycles. The van der Waals surface area contributed by atoms with Crippen LogP contribution < -0.4 is 44.6 Å². The number of halogens is 1. The lowest BCUT2D eigenvalue weighted by atomic mass is 9.81. The maximum absolute atomic E-state index is 12.9. The second-order valence-corrected chi connectivity index (χ2v) is 25.8. The van der Waals surface area contributed by atoms with Crippen molar-refractivity contribution in [2.75, 3.05) is 42.8 Å². The van der Waals surface area contributed by atoms with Crippen LogP contribution in [0.15, 0.2) is 157 Å². The maximum Gasteiger partial charge on any atom is 0.489 e. The lowest BCUT2D eigenvalue weighted by molar-refractivity contribution is 0.00578. The van der Waals surface area contributed by atoms with Crippen molar-refractivity contribution < 1.29 is 71.0 Å². The van der Waals surface area contributed by atoms with Crippen LogP contribution in [0.25, 0.3) is 93.8 Å². The number of pyridine rings is 4. The second kappa shape index (κ2) is 30.9. The number of rotatable bonds is 11. The van der Waals surface area contributed by atoms with Crippen LogP contribution in [-0.4, -0.2) is 87.1 Å². The van der Waals surface area contributed by atoms with Crippen LogP contribution in [0.5, 0.6) is 0 Å². The summed E-state index contributed by atoms with van der Waals surface area (Å²) in [5, 5.41) is 10.8. The summed E-state index contributed by atoms with van der Waals surface area (Å²) in [5.74, 6) is -5.91. The molecular formula is C76H76BBrN8O18.